The van der Waals surface area contributed by atoms with Crippen LogP contribution in [0.1, 0.15) is 57.4 Å². The van der Waals surface area contributed by atoms with Gasteiger partial charge >= 0.3 is 0 Å². The minimum atomic E-state index is 0.624. The van der Waals surface area contributed by atoms with Gasteiger partial charge in [-0.2, -0.15) is 0 Å². The average molecular weight is 262 g/mol. The molecular formula is C17H30N2. The van der Waals surface area contributed by atoms with E-state index < -0.39 is 0 Å². The fraction of sp³-hybridized carbons (Fsp3) is 0.647. The summed E-state index contributed by atoms with van der Waals surface area (Å²) in [4.78, 5) is 2.34. The molecule has 0 spiro atoms. The van der Waals surface area contributed by atoms with Crippen LogP contribution in [0, 0.1) is 0 Å². The van der Waals surface area contributed by atoms with Crippen LogP contribution in [-0.4, -0.2) is 13.6 Å². The summed E-state index contributed by atoms with van der Waals surface area (Å²) in [6.07, 6.45) is 9.56. The van der Waals surface area contributed by atoms with Gasteiger partial charge in [-0.05, 0) is 24.1 Å². The average Bonchev–Trinajstić information content (AvgIpc) is 2.46. The highest BCUT2D eigenvalue weighted by Gasteiger charge is 2.01. The first-order valence-corrected chi connectivity index (χ1v) is 7.78. The van der Waals surface area contributed by atoms with Crippen molar-refractivity contribution in [3.05, 3.63) is 29.8 Å². The number of rotatable bonds is 10. The van der Waals surface area contributed by atoms with Crippen molar-refractivity contribution in [3.8, 4) is 0 Å². The summed E-state index contributed by atoms with van der Waals surface area (Å²) < 4.78 is 0. The van der Waals surface area contributed by atoms with E-state index >= 15 is 0 Å². The molecule has 1 rings (SSSR count). The summed E-state index contributed by atoms with van der Waals surface area (Å²) in [5, 5.41) is 0. The van der Waals surface area contributed by atoms with Crippen molar-refractivity contribution >= 4 is 5.69 Å². The number of hydrogen-bond donors (Lipinski definition) is 1. The summed E-state index contributed by atoms with van der Waals surface area (Å²) in [7, 11) is 2.17. The third-order valence-electron chi connectivity index (χ3n) is 3.68. The molecule has 0 unspecified atom stereocenters. The van der Waals surface area contributed by atoms with Gasteiger partial charge in [0.1, 0.15) is 0 Å². The maximum atomic E-state index is 5.68. The normalized spacial score (nSPS) is 10.7. The van der Waals surface area contributed by atoms with Gasteiger partial charge in [-0.3, -0.25) is 0 Å². The fourth-order valence-corrected chi connectivity index (χ4v) is 2.36. The standard InChI is InChI=1S/C17H30N2/c1-3-4-5-6-7-8-9-13-19(2)17-12-10-11-16(14-17)15-18/h10-12,14H,3-9,13,15,18H2,1-2H3. The van der Waals surface area contributed by atoms with Crippen LogP contribution in [0.15, 0.2) is 24.3 Å². The molecule has 0 heterocycles. The van der Waals surface area contributed by atoms with Gasteiger partial charge in [0.25, 0.3) is 0 Å². The van der Waals surface area contributed by atoms with E-state index in [2.05, 4.69) is 43.1 Å². The number of anilines is 1. The SMILES string of the molecule is CCCCCCCCCN(C)c1cccc(CN)c1. The number of benzene rings is 1. The van der Waals surface area contributed by atoms with Crippen LogP contribution in [0.25, 0.3) is 0 Å². The van der Waals surface area contributed by atoms with Gasteiger partial charge in [-0.15, -0.1) is 0 Å². The topological polar surface area (TPSA) is 29.3 Å². The molecule has 1 aromatic carbocycles. The molecule has 2 heteroatoms. The molecule has 0 radical (unpaired) electrons. The van der Waals surface area contributed by atoms with Gasteiger partial charge in [0.15, 0.2) is 0 Å². The molecule has 1 aromatic rings. The molecule has 0 fully saturated rings. The Kier molecular flexibility index (Phi) is 8.31. The first kappa shape index (κ1) is 16.0. The fourth-order valence-electron chi connectivity index (χ4n) is 2.36. The summed E-state index contributed by atoms with van der Waals surface area (Å²) in [6.45, 7) is 4.03. The number of nitrogens with zero attached hydrogens (tertiary/aromatic N) is 1. The first-order chi connectivity index (χ1) is 9.27. The molecule has 0 amide bonds. The van der Waals surface area contributed by atoms with Crippen LogP contribution < -0.4 is 10.6 Å². The van der Waals surface area contributed by atoms with E-state index in [4.69, 9.17) is 5.73 Å². The van der Waals surface area contributed by atoms with Crippen molar-refractivity contribution < 1.29 is 0 Å². The summed E-state index contributed by atoms with van der Waals surface area (Å²) in [5.41, 5.74) is 8.18. The van der Waals surface area contributed by atoms with Gasteiger partial charge in [0.05, 0.1) is 0 Å². The third kappa shape index (κ3) is 6.63. The van der Waals surface area contributed by atoms with E-state index in [1.54, 1.807) is 0 Å². The van der Waals surface area contributed by atoms with Crippen molar-refractivity contribution in [2.45, 2.75) is 58.4 Å². The Morgan fingerprint density at radius 2 is 1.68 bits per heavy atom. The van der Waals surface area contributed by atoms with E-state index in [0.29, 0.717) is 6.54 Å². The quantitative estimate of drug-likeness (QED) is 0.636. The van der Waals surface area contributed by atoms with E-state index in [1.807, 2.05) is 0 Å². The molecule has 0 aromatic heterocycles. The summed E-state index contributed by atoms with van der Waals surface area (Å²) >= 11 is 0. The molecule has 0 aliphatic heterocycles. The molecule has 0 atom stereocenters. The minimum absolute atomic E-state index is 0.624. The Balaban J connectivity index is 2.18. The molecule has 2 nitrogen and oxygen atoms in total. The van der Waals surface area contributed by atoms with Gasteiger partial charge in [-0.1, -0.05) is 57.6 Å². The van der Waals surface area contributed by atoms with Crippen LogP contribution >= 0.6 is 0 Å². The molecular weight excluding hydrogens is 232 g/mol. The Labute approximate surface area is 119 Å². The second kappa shape index (κ2) is 9.85. The second-order valence-corrected chi connectivity index (χ2v) is 5.42. The number of hydrogen-bond acceptors (Lipinski definition) is 2. The molecule has 19 heavy (non-hydrogen) atoms. The Morgan fingerprint density at radius 3 is 2.37 bits per heavy atom. The number of nitrogens with two attached hydrogens (primary N) is 1. The van der Waals surface area contributed by atoms with Gasteiger partial charge in [0, 0.05) is 25.8 Å². The van der Waals surface area contributed by atoms with E-state index in [0.717, 1.165) is 6.54 Å². The Morgan fingerprint density at radius 1 is 1.00 bits per heavy atom. The predicted molar refractivity (Wildman–Crippen MR) is 85.6 cm³/mol. The lowest BCUT2D eigenvalue weighted by Crippen LogP contribution is -2.18. The monoisotopic (exact) mass is 262 g/mol. The molecule has 0 saturated heterocycles. The lowest BCUT2D eigenvalue weighted by molar-refractivity contribution is 0.588. The van der Waals surface area contributed by atoms with Crippen molar-refractivity contribution in [2.75, 3.05) is 18.5 Å². The zero-order chi connectivity index (χ0) is 13.9. The maximum absolute atomic E-state index is 5.68. The van der Waals surface area contributed by atoms with Crippen LogP contribution in [0.2, 0.25) is 0 Å². The molecule has 0 aliphatic rings. The van der Waals surface area contributed by atoms with E-state index in [1.165, 1.54) is 56.2 Å². The van der Waals surface area contributed by atoms with Crippen molar-refractivity contribution in [3.63, 3.8) is 0 Å². The van der Waals surface area contributed by atoms with Crippen molar-refractivity contribution in [1.82, 2.24) is 0 Å². The lowest BCUT2D eigenvalue weighted by atomic mass is 10.1. The summed E-state index contributed by atoms with van der Waals surface area (Å²) in [6, 6.07) is 8.55. The second-order valence-electron chi connectivity index (χ2n) is 5.42. The van der Waals surface area contributed by atoms with Crippen LogP contribution in [-0.2, 0) is 6.54 Å². The highest BCUT2D eigenvalue weighted by atomic mass is 15.1. The molecule has 0 saturated carbocycles. The molecule has 0 aliphatic carbocycles. The van der Waals surface area contributed by atoms with Crippen LogP contribution in [0.4, 0.5) is 5.69 Å². The van der Waals surface area contributed by atoms with Crippen LogP contribution in [0.5, 0.6) is 0 Å². The van der Waals surface area contributed by atoms with Crippen LogP contribution in [0.3, 0.4) is 0 Å². The third-order valence-corrected chi connectivity index (χ3v) is 3.68. The molecule has 0 bridgehead atoms. The van der Waals surface area contributed by atoms with Gasteiger partial charge in [-0.25, -0.2) is 0 Å². The number of unbranched alkanes of at least 4 members (excludes halogenated alkanes) is 6. The predicted octanol–water partition coefficient (Wildman–Crippen LogP) is 4.33. The zero-order valence-electron chi connectivity index (χ0n) is 12.7. The van der Waals surface area contributed by atoms with Crippen molar-refractivity contribution in [2.24, 2.45) is 5.73 Å². The summed E-state index contributed by atoms with van der Waals surface area (Å²) in [5.74, 6) is 0. The highest BCUT2D eigenvalue weighted by Crippen LogP contribution is 2.15. The largest absolute Gasteiger partial charge is 0.375 e. The highest BCUT2D eigenvalue weighted by molar-refractivity contribution is 5.47. The first-order valence-electron chi connectivity index (χ1n) is 7.78. The van der Waals surface area contributed by atoms with Crippen molar-refractivity contribution in [1.29, 1.82) is 0 Å². The van der Waals surface area contributed by atoms with Gasteiger partial charge < -0.3 is 10.6 Å². The smallest absolute Gasteiger partial charge is 0.0366 e. The van der Waals surface area contributed by atoms with E-state index in [9.17, 15) is 0 Å². The maximum Gasteiger partial charge on any atom is 0.0366 e. The zero-order valence-corrected chi connectivity index (χ0v) is 12.7. The molecule has 108 valence electrons. The van der Waals surface area contributed by atoms with E-state index in [-0.39, 0.29) is 0 Å². The Hall–Kier alpha value is -1.02. The Bertz CT molecular complexity index is 336. The minimum Gasteiger partial charge on any atom is -0.375 e. The molecule has 2 N–H and O–H groups in total. The van der Waals surface area contributed by atoms with Gasteiger partial charge in [0.2, 0.25) is 0 Å². The lowest BCUT2D eigenvalue weighted by Gasteiger charge is -2.19.